The van der Waals surface area contributed by atoms with Gasteiger partial charge in [0.2, 0.25) is 0 Å². The predicted octanol–water partition coefficient (Wildman–Crippen LogP) is 5.52. The molecule has 5 rings (SSSR count). The lowest BCUT2D eigenvalue weighted by Gasteiger charge is -2.32. The van der Waals surface area contributed by atoms with Crippen molar-refractivity contribution in [3.8, 4) is 0 Å². The summed E-state index contributed by atoms with van der Waals surface area (Å²) in [6.07, 6.45) is -8.80. The Morgan fingerprint density at radius 3 is 2.11 bits per heavy atom. The van der Waals surface area contributed by atoms with E-state index in [1.807, 2.05) is 7.05 Å². The number of sulfone groups is 1. The van der Waals surface area contributed by atoms with Crippen LogP contribution in [0.3, 0.4) is 0 Å². The van der Waals surface area contributed by atoms with E-state index in [0.29, 0.717) is 47.7 Å². The first kappa shape index (κ1) is 32.3. The lowest BCUT2D eigenvalue weighted by molar-refractivity contribution is -0.143. The fourth-order valence-corrected chi connectivity index (χ4v) is 6.81. The van der Waals surface area contributed by atoms with Crippen molar-refractivity contribution in [3.63, 3.8) is 0 Å². The number of aromatic nitrogens is 1. The van der Waals surface area contributed by atoms with Crippen LogP contribution in [0, 0.1) is 13.8 Å². The molecule has 0 unspecified atom stereocenters. The fourth-order valence-electron chi connectivity index (χ4n) is 5.46. The molecular weight excluding hydrogens is 626 g/mol. The number of benzene rings is 2. The zero-order valence-corrected chi connectivity index (χ0v) is 25.1. The number of alkyl halides is 6. The number of amides is 2. The van der Waals surface area contributed by atoms with Crippen LogP contribution in [0.4, 0.5) is 32.0 Å². The molecule has 45 heavy (non-hydrogen) atoms. The Morgan fingerprint density at radius 2 is 1.53 bits per heavy atom. The van der Waals surface area contributed by atoms with Crippen molar-refractivity contribution in [1.82, 2.24) is 14.8 Å². The largest absolute Gasteiger partial charge is 0.416 e. The molecule has 15 heteroatoms. The van der Waals surface area contributed by atoms with Gasteiger partial charge >= 0.3 is 12.4 Å². The van der Waals surface area contributed by atoms with Gasteiger partial charge in [0.05, 0.1) is 32.9 Å². The van der Waals surface area contributed by atoms with E-state index in [2.05, 4.69) is 15.2 Å². The zero-order valence-electron chi connectivity index (χ0n) is 24.3. The molecule has 0 atom stereocenters. The molecule has 240 valence electrons. The molecule has 0 aliphatic carbocycles. The van der Waals surface area contributed by atoms with Crippen LogP contribution >= 0.6 is 0 Å². The van der Waals surface area contributed by atoms with Gasteiger partial charge in [-0.2, -0.15) is 26.3 Å². The van der Waals surface area contributed by atoms with E-state index in [1.165, 1.54) is 12.1 Å². The maximum Gasteiger partial charge on any atom is 0.416 e. The molecule has 2 amide bonds. The molecule has 2 aliphatic rings. The van der Waals surface area contributed by atoms with E-state index >= 15 is 0 Å². The number of aryl methyl sites for hydroxylation is 1. The molecule has 3 aromatic rings. The molecule has 0 radical (unpaired) electrons. The van der Waals surface area contributed by atoms with Crippen LogP contribution < -0.4 is 5.32 Å². The molecule has 8 nitrogen and oxygen atoms in total. The number of rotatable bonds is 5. The number of H-pyrrole nitrogens is 1. The second-order valence-electron chi connectivity index (χ2n) is 11.2. The van der Waals surface area contributed by atoms with Crippen LogP contribution in [0.15, 0.2) is 41.3 Å². The number of carbonyl (C=O) groups excluding carboxylic acids is 2. The number of hydrogen-bond acceptors (Lipinski definition) is 5. The number of hydrogen-bond donors (Lipinski definition) is 2. The van der Waals surface area contributed by atoms with Crippen LogP contribution in [0.25, 0.3) is 11.6 Å². The molecule has 2 N–H and O–H groups in total. The summed E-state index contributed by atoms with van der Waals surface area (Å²) in [7, 11) is -2.51. The first-order valence-corrected chi connectivity index (χ1v) is 15.4. The maximum absolute atomic E-state index is 13.3. The summed E-state index contributed by atoms with van der Waals surface area (Å²) in [5, 5.41) is 2.62. The topological polar surface area (TPSA) is 103 Å². The number of nitrogens with one attached hydrogen (secondary N) is 2. The Kier molecular flexibility index (Phi) is 8.15. The number of nitrogens with zero attached hydrogens (tertiary/aromatic N) is 2. The summed E-state index contributed by atoms with van der Waals surface area (Å²) < 4.78 is 106. The first-order chi connectivity index (χ1) is 20.8. The van der Waals surface area contributed by atoms with Crippen molar-refractivity contribution in [2.24, 2.45) is 0 Å². The summed E-state index contributed by atoms with van der Waals surface area (Å²) in [5.41, 5.74) is -1.40. The van der Waals surface area contributed by atoms with E-state index in [9.17, 15) is 44.3 Å². The van der Waals surface area contributed by atoms with Crippen molar-refractivity contribution in [1.29, 1.82) is 0 Å². The number of halogens is 6. The lowest BCUT2D eigenvalue weighted by atomic mass is 10.0. The predicted molar refractivity (Wildman–Crippen MR) is 154 cm³/mol. The van der Waals surface area contributed by atoms with Crippen LogP contribution in [-0.4, -0.2) is 68.2 Å². The highest BCUT2D eigenvalue weighted by Crippen LogP contribution is 2.39. The van der Waals surface area contributed by atoms with Crippen molar-refractivity contribution in [2.75, 3.05) is 38.5 Å². The normalized spacial score (nSPS) is 17.1. The second-order valence-corrected chi connectivity index (χ2v) is 13.1. The minimum Gasteiger partial charge on any atom is -0.358 e. The van der Waals surface area contributed by atoms with Gasteiger partial charge < -0.3 is 20.1 Å². The molecule has 1 saturated heterocycles. The number of anilines is 1. The van der Waals surface area contributed by atoms with E-state index < -0.39 is 55.4 Å². The number of piperazine rings is 1. The standard InChI is InChI=1S/C30H28F6N4O4S/c1-16-25(37-17(2)26(16)28(42)40-8-6-39(3)7-9-40)14-23-22-13-21(4-5-24(22)38-27(23)41)45(43,44)15-18-10-19(29(31,32)33)12-20(11-18)30(34,35)36/h4-5,10-14,37H,6-9,15H2,1-3H3,(H,38,41)/b23-14-. The van der Waals surface area contributed by atoms with E-state index in [-0.39, 0.29) is 28.8 Å². The van der Waals surface area contributed by atoms with E-state index in [0.717, 1.165) is 25.2 Å². The van der Waals surface area contributed by atoms with Gasteiger partial charge in [-0.1, -0.05) is 0 Å². The Bertz CT molecular complexity index is 1800. The van der Waals surface area contributed by atoms with Crippen molar-refractivity contribution < 1.29 is 44.3 Å². The maximum atomic E-state index is 13.3. The van der Waals surface area contributed by atoms with E-state index in [1.54, 1.807) is 18.7 Å². The molecule has 1 aromatic heterocycles. The Balaban J connectivity index is 1.48. The van der Waals surface area contributed by atoms with Gasteiger partial charge in [0.15, 0.2) is 9.84 Å². The third-order valence-corrected chi connectivity index (χ3v) is 9.59. The summed E-state index contributed by atoms with van der Waals surface area (Å²) >= 11 is 0. The molecule has 0 saturated carbocycles. The van der Waals surface area contributed by atoms with Gasteiger partial charge in [0, 0.05) is 48.8 Å². The summed E-state index contributed by atoms with van der Waals surface area (Å²) in [5.74, 6) is -1.87. The molecule has 1 fully saturated rings. The Hall–Kier alpha value is -4.11. The smallest absolute Gasteiger partial charge is 0.358 e. The third-order valence-electron chi connectivity index (χ3n) is 7.91. The zero-order chi connectivity index (χ0) is 33.1. The highest BCUT2D eigenvalue weighted by atomic mass is 32.2. The van der Waals surface area contributed by atoms with Gasteiger partial charge in [0.25, 0.3) is 11.8 Å². The van der Waals surface area contributed by atoms with Crippen LogP contribution in [-0.2, 0) is 32.7 Å². The minimum absolute atomic E-state index is 0.0587. The molecular formula is C30H28F6N4O4S. The average molecular weight is 655 g/mol. The number of fused-ring (bicyclic) bond motifs is 1. The van der Waals surface area contributed by atoms with Crippen LogP contribution in [0.2, 0.25) is 0 Å². The van der Waals surface area contributed by atoms with Crippen molar-refractivity contribution in [2.45, 2.75) is 36.8 Å². The van der Waals surface area contributed by atoms with Crippen molar-refractivity contribution in [3.05, 3.63) is 81.2 Å². The molecule has 3 heterocycles. The highest BCUT2D eigenvalue weighted by Gasteiger charge is 2.37. The summed E-state index contributed by atoms with van der Waals surface area (Å²) in [6, 6.07) is 4.22. The number of likely N-dealkylation sites (N-methyl/N-ethyl adjacent to an activating group) is 1. The number of aromatic amines is 1. The quantitative estimate of drug-likeness (QED) is 0.279. The minimum atomic E-state index is -5.14. The first-order valence-electron chi connectivity index (χ1n) is 13.7. The Labute approximate surface area is 254 Å². The van der Waals surface area contributed by atoms with Gasteiger partial charge in [-0.05, 0) is 74.5 Å². The van der Waals surface area contributed by atoms with E-state index in [4.69, 9.17) is 0 Å². The van der Waals surface area contributed by atoms with Gasteiger partial charge in [0.1, 0.15) is 0 Å². The average Bonchev–Trinajstić information content (AvgIpc) is 3.40. The molecule has 0 bridgehead atoms. The van der Waals surface area contributed by atoms with Gasteiger partial charge in [-0.3, -0.25) is 9.59 Å². The van der Waals surface area contributed by atoms with Gasteiger partial charge in [-0.25, -0.2) is 8.42 Å². The Morgan fingerprint density at radius 1 is 0.933 bits per heavy atom. The SMILES string of the molecule is Cc1[nH]c(/C=C2\C(=O)Nc3ccc(S(=O)(=O)Cc4cc(C(F)(F)F)cc(C(F)(F)F)c4)cc32)c(C)c1C(=O)N1CCN(C)CC1. The van der Waals surface area contributed by atoms with Crippen LogP contribution in [0.5, 0.6) is 0 Å². The lowest BCUT2D eigenvalue weighted by Crippen LogP contribution is -2.47. The second kappa shape index (κ2) is 11.4. The fraction of sp³-hybridized carbons (Fsp3) is 0.333. The molecule has 2 aliphatic heterocycles. The summed E-state index contributed by atoms with van der Waals surface area (Å²) in [6.45, 7) is 6.01. The molecule has 2 aromatic carbocycles. The van der Waals surface area contributed by atoms with Crippen LogP contribution in [0.1, 0.15) is 49.6 Å². The molecule has 0 spiro atoms. The number of carbonyl (C=O) groups is 2. The van der Waals surface area contributed by atoms with Crippen molar-refractivity contribution >= 4 is 39.0 Å². The monoisotopic (exact) mass is 654 g/mol. The third kappa shape index (κ3) is 6.50. The van der Waals surface area contributed by atoms with Gasteiger partial charge in [-0.15, -0.1) is 0 Å². The summed E-state index contributed by atoms with van der Waals surface area (Å²) in [4.78, 5) is 32.8. The highest BCUT2D eigenvalue weighted by molar-refractivity contribution is 7.90.